The van der Waals surface area contributed by atoms with Crippen molar-refractivity contribution in [3.05, 3.63) is 48.1 Å². The molecule has 3 rings (SSSR count). The Hall–Kier alpha value is -0.610. The van der Waals surface area contributed by atoms with Crippen LogP contribution in [0.15, 0.2) is 48.1 Å². The van der Waals surface area contributed by atoms with Gasteiger partial charge in [-0.1, -0.05) is 122 Å². The summed E-state index contributed by atoms with van der Waals surface area (Å²) >= 11 is 0. The molecule has 3 aliphatic rings. The number of fused-ring (bicyclic) bond motifs is 1. The molecule has 0 aliphatic heterocycles. The second-order valence-corrected chi connectivity index (χ2v) is 14.7. The Morgan fingerprint density at radius 3 is 2.60 bits per heavy atom. The summed E-state index contributed by atoms with van der Waals surface area (Å²) in [6.45, 7) is 16.7. The number of hydrogen-bond acceptors (Lipinski definition) is 0. The Bertz CT molecular complexity index is 732. The minimum atomic E-state index is 0.266. The number of hydrogen-bond donors (Lipinski definition) is 0. The molecule has 0 radical (unpaired) electrons. The van der Waals surface area contributed by atoms with E-state index in [4.69, 9.17) is 6.58 Å². The van der Waals surface area contributed by atoms with Gasteiger partial charge in [-0.05, 0) is 90.9 Å². The van der Waals surface area contributed by atoms with Gasteiger partial charge in [0.05, 0.1) is 0 Å². The summed E-state index contributed by atoms with van der Waals surface area (Å²) in [5.74, 6) is 4.27. The third kappa shape index (κ3) is 9.02. The molecule has 0 N–H and O–H groups in total. The Morgan fingerprint density at radius 2 is 1.89 bits per heavy atom. The smallest absolute Gasteiger partial charge is 0.00294 e. The summed E-state index contributed by atoms with van der Waals surface area (Å²) in [4.78, 5) is 0. The van der Waals surface area contributed by atoms with E-state index in [0.717, 1.165) is 37.9 Å². The van der Waals surface area contributed by atoms with Gasteiger partial charge in [-0.15, -0.1) is 8.58 Å². The molecule has 0 heterocycles. The van der Waals surface area contributed by atoms with Gasteiger partial charge in [-0.3, -0.25) is 0 Å². The van der Waals surface area contributed by atoms with Crippen molar-refractivity contribution in [3.63, 3.8) is 0 Å². The molecular formula is C34H57P. The predicted molar refractivity (Wildman–Crippen MR) is 161 cm³/mol. The molecule has 35 heavy (non-hydrogen) atoms. The van der Waals surface area contributed by atoms with Crippen molar-refractivity contribution >= 4 is 8.58 Å². The lowest BCUT2D eigenvalue weighted by molar-refractivity contribution is 0.189. The summed E-state index contributed by atoms with van der Waals surface area (Å²) in [5, 5.41) is 0. The summed E-state index contributed by atoms with van der Waals surface area (Å²) in [5.41, 5.74) is 4.09. The predicted octanol–water partition coefficient (Wildman–Crippen LogP) is 10.9. The molecule has 0 bridgehead atoms. The van der Waals surface area contributed by atoms with E-state index < -0.39 is 0 Å². The zero-order valence-electron chi connectivity index (χ0n) is 24.0. The fourth-order valence-corrected chi connectivity index (χ4v) is 9.03. The normalized spacial score (nSPS) is 30.9. The van der Waals surface area contributed by atoms with E-state index in [1.807, 2.05) is 0 Å². The highest BCUT2D eigenvalue weighted by molar-refractivity contribution is 7.39. The van der Waals surface area contributed by atoms with E-state index >= 15 is 0 Å². The molecule has 1 fully saturated rings. The van der Waals surface area contributed by atoms with Crippen molar-refractivity contribution in [2.45, 2.75) is 124 Å². The van der Waals surface area contributed by atoms with Gasteiger partial charge in [0.25, 0.3) is 0 Å². The van der Waals surface area contributed by atoms with E-state index in [2.05, 4.69) is 65.0 Å². The van der Waals surface area contributed by atoms with Gasteiger partial charge in [0, 0.05) is 0 Å². The zero-order chi connectivity index (χ0) is 25.3. The molecule has 0 nitrogen and oxygen atoms in total. The van der Waals surface area contributed by atoms with Crippen molar-refractivity contribution < 1.29 is 0 Å². The van der Waals surface area contributed by atoms with Crippen LogP contribution in [0.4, 0.5) is 0 Å². The summed E-state index contributed by atoms with van der Waals surface area (Å²) < 4.78 is 0. The van der Waals surface area contributed by atoms with Crippen LogP contribution in [0.2, 0.25) is 0 Å². The van der Waals surface area contributed by atoms with Crippen LogP contribution in [0.25, 0.3) is 0 Å². The maximum absolute atomic E-state index is 4.75. The van der Waals surface area contributed by atoms with Crippen LogP contribution in [-0.2, 0) is 0 Å². The lowest BCUT2D eigenvalue weighted by Crippen LogP contribution is -2.31. The van der Waals surface area contributed by atoms with Crippen molar-refractivity contribution in [3.8, 4) is 0 Å². The zero-order valence-corrected chi connectivity index (χ0v) is 25.0. The number of allylic oxidation sites excluding steroid dienone is 7. The van der Waals surface area contributed by atoms with Crippen LogP contribution < -0.4 is 0 Å². The Kier molecular flexibility index (Phi) is 11.9. The maximum atomic E-state index is 4.75. The van der Waals surface area contributed by atoms with Gasteiger partial charge in [0.1, 0.15) is 0 Å². The molecule has 4 unspecified atom stereocenters. The van der Waals surface area contributed by atoms with E-state index in [0.29, 0.717) is 5.92 Å². The van der Waals surface area contributed by atoms with Crippen LogP contribution in [0.1, 0.15) is 118 Å². The Labute approximate surface area is 221 Å². The van der Waals surface area contributed by atoms with Crippen LogP contribution in [0.3, 0.4) is 0 Å². The van der Waals surface area contributed by atoms with Crippen molar-refractivity contribution in [1.82, 2.24) is 0 Å². The molecule has 1 heteroatoms. The third-order valence-electron chi connectivity index (χ3n) is 9.35. The molecule has 1 saturated carbocycles. The highest BCUT2D eigenvalue weighted by atomic mass is 31.1. The molecule has 0 saturated heterocycles. The van der Waals surface area contributed by atoms with Gasteiger partial charge in [-0.2, -0.15) is 0 Å². The molecule has 0 aromatic carbocycles. The molecule has 0 aromatic heterocycles. The van der Waals surface area contributed by atoms with Crippen molar-refractivity contribution in [2.24, 2.45) is 35.0 Å². The van der Waals surface area contributed by atoms with E-state index in [9.17, 15) is 0 Å². The van der Waals surface area contributed by atoms with Crippen LogP contribution in [0, 0.1) is 35.0 Å². The SMILES string of the molecule is C=C(C[C@H]1C=CC(C(C)(C)C)=CC1)[C@H](CCCCC)PCC1C(C)CCCCC[C@@H]2C=CCCC12. The molecule has 198 valence electrons. The molecule has 0 spiro atoms. The van der Waals surface area contributed by atoms with Crippen molar-refractivity contribution in [2.75, 3.05) is 6.16 Å². The van der Waals surface area contributed by atoms with Crippen molar-refractivity contribution in [1.29, 1.82) is 0 Å². The topological polar surface area (TPSA) is 0 Å². The lowest BCUT2D eigenvalue weighted by Gasteiger charge is -2.38. The van der Waals surface area contributed by atoms with E-state index in [1.165, 1.54) is 95.2 Å². The first-order chi connectivity index (χ1) is 16.8. The summed E-state index contributed by atoms with van der Waals surface area (Å²) in [7, 11) is 1.07. The van der Waals surface area contributed by atoms with E-state index in [-0.39, 0.29) is 5.41 Å². The molecule has 0 amide bonds. The first kappa shape index (κ1) is 29.0. The second kappa shape index (κ2) is 14.4. The van der Waals surface area contributed by atoms with Crippen LogP contribution in [-0.4, -0.2) is 11.8 Å². The Balaban J connectivity index is 1.64. The fraction of sp³-hybridized carbons (Fsp3) is 0.765. The minimum absolute atomic E-state index is 0.266. The third-order valence-corrected chi connectivity index (χ3v) is 11.2. The molecule has 0 aromatic rings. The average Bonchev–Trinajstić information content (AvgIpc) is 2.90. The van der Waals surface area contributed by atoms with Gasteiger partial charge < -0.3 is 0 Å². The van der Waals surface area contributed by atoms with Gasteiger partial charge in [0.15, 0.2) is 0 Å². The lowest BCUT2D eigenvalue weighted by atomic mass is 9.70. The molecule has 3 aliphatic carbocycles. The monoisotopic (exact) mass is 496 g/mol. The summed E-state index contributed by atoms with van der Waals surface area (Å²) in [6.07, 6.45) is 31.9. The summed E-state index contributed by atoms with van der Waals surface area (Å²) in [6, 6.07) is 0. The highest BCUT2D eigenvalue weighted by Gasteiger charge is 2.34. The van der Waals surface area contributed by atoms with Gasteiger partial charge in [-0.25, -0.2) is 0 Å². The fourth-order valence-electron chi connectivity index (χ4n) is 6.95. The second-order valence-electron chi connectivity index (χ2n) is 13.2. The van der Waals surface area contributed by atoms with E-state index in [1.54, 1.807) is 5.57 Å². The first-order valence-corrected chi connectivity index (χ1v) is 16.5. The standard InChI is InChI=1S/C34H57P/c1-7-8-10-19-33(27(3)24-28-20-22-30(23-21-28)34(4,5)6)35-25-32-26(2)15-11-9-12-16-29-17-13-14-18-31(29)32/h13,17,20,22-23,26,28-29,31-33,35H,3,7-12,14-16,18-19,21,24-25H2,1-2,4-6H3/t26?,28-,29+,31?,32?,33-/m0/s1. The number of unbranched alkanes of at least 4 members (excludes halogenated alkanes) is 2. The quantitative estimate of drug-likeness (QED) is 0.160. The first-order valence-electron chi connectivity index (χ1n) is 15.3. The molecular weight excluding hydrogens is 439 g/mol. The van der Waals surface area contributed by atoms with Gasteiger partial charge in [0.2, 0.25) is 0 Å². The van der Waals surface area contributed by atoms with Crippen LogP contribution >= 0.6 is 8.58 Å². The Morgan fingerprint density at radius 1 is 1.09 bits per heavy atom. The van der Waals surface area contributed by atoms with Crippen LogP contribution in [0.5, 0.6) is 0 Å². The number of rotatable bonds is 10. The average molecular weight is 497 g/mol. The highest BCUT2D eigenvalue weighted by Crippen LogP contribution is 2.45. The molecule has 7 atom stereocenters. The maximum Gasteiger partial charge on any atom is -0.00294 e. The van der Waals surface area contributed by atoms with Gasteiger partial charge >= 0.3 is 0 Å². The minimum Gasteiger partial charge on any atom is -0.114 e. The largest absolute Gasteiger partial charge is 0.114 e.